The second-order valence-corrected chi connectivity index (χ2v) is 4.96. The Hall–Kier alpha value is -1.27. The van der Waals surface area contributed by atoms with E-state index in [1.807, 2.05) is 24.3 Å². The molecule has 0 aromatic heterocycles. The third kappa shape index (κ3) is 4.11. The van der Waals surface area contributed by atoms with Crippen LogP contribution in [0.4, 0.5) is 18.9 Å². The van der Waals surface area contributed by atoms with Crippen molar-refractivity contribution in [3.8, 4) is 0 Å². The highest BCUT2D eigenvalue weighted by Crippen LogP contribution is 2.23. The summed E-state index contributed by atoms with van der Waals surface area (Å²) in [6.45, 7) is 2.99. The number of morpholine rings is 1. The molecule has 6 heteroatoms. The fourth-order valence-corrected chi connectivity index (χ4v) is 2.22. The molecule has 1 atom stereocenters. The fourth-order valence-electron chi connectivity index (χ4n) is 2.22. The predicted octanol–water partition coefficient (Wildman–Crippen LogP) is 2.35. The molecular formula is C14H19F3N2O. The van der Waals surface area contributed by atoms with Crippen LogP contribution >= 0.6 is 0 Å². The van der Waals surface area contributed by atoms with E-state index in [1.165, 1.54) is 0 Å². The number of hydrogen-bond donors (Lipinski definition) is 1. The number of alkyl halides is 3. The Morgan fingerprint density at radius 1 is 1.25 bits per heavy atom. The average Bonchev–Trinajstić information content (AvgIpc) is 2.45. The summed E-state index contributed by atoms with van der Waals surface area (Å²) in [6.07, 6.45) is -4.07. The van der Waals surface area contributed by atoms with Crippen LogP contribution in [0.3, 0.4) is 0 Å². The Morgan fingerprint density at radius 3 is 2.60 bits per heavy atom. The van der Waals surface area contributed by atoms with Crippen LogP contribution in [-0.4, -0.2) is 38.5 Å². The van der Waals surface area contributed by atoms with E-state index in [-0.39, 0.29) is 6.42 Å². The molecule has 0 aliphatic carbocycles. The minimum absolute atomic E-state index is 0.0872. The quantitative estimate of drug-likeness (QED) is 0.924. The highest BCUT2D eigenvalue weighted by atomic mass is 19.4. The van der Waals surface area contributed by atoms with Crippen molar-refractivity contribution in [3.63, 3.8) is 0 Å². The number of nitrogens with zero attached hydrogens (tertiary/aromatic N) is 1. The smallest absolute Gasteiger partial charge is 0.378 e. The van der Waals surface area contributed by atoms with Gasteiger partial charge in [0.2, 0.25) is 0 Å². The number of hydrogen-bond acceptors (Lipinski definition) is 3. The van der Waals surface area contributed by atoms with Crippen molar-refractivity contribution in [2.45, 2.75) is 25.1 Å². The summed E-state index contributed by atoms with van der Waals surface area (Å²) < 4.78 is 42.4. The van der Waals surface area contributed by atoms with Crippen molar-refractivity contribution < 1.29 is 17.9 Å². The molecule has 112 valence electrons. The van der Waals surface area contributed by atoms with Crippen molar-refractivity contribution in [1.29, 1.82) is 0 Å². The zero-order chi connectivity index (χ0) is 14.6. The summed E-state index contributed by atoms with van der Waals surface area (Å²) in [6, 6.07) is 5.87. The van der Waals surface area contributed by atoms with Crippen LogP contribution in [0.2, 0.25) is 0 Å². The molecule has 1 aromatic rings. The molecule has 0 spiro atoms. The molecule has 0 bridgehead atoms. The zero-order valence-electron chi connectivity index (χ0n) is 11.2. The van der Waals surface area contributed by atoms with Crippen molar-refractivity contribution in [1.82, 2.24) is 0 Å². The molecule has 3 nitrogen and oxygen atoms in total. The first-order chi connectivity index (χ1) is 9.47. The molecule has 1 saturated heterocycles. The van der Waals surface area contributed by atoms with E-state index in [4.69, 9.17) is 10.5 Å². The highest BCUT2D eigenvalue weighted by Gasteiger charge is 2.35. The second-order valence-electron chi connectivity index (χ2n) is 4.96. The third-order valence-corrected chi connectivity index (χ3v) is 3.45. The van der Waals surface area contributed by atoms with E-state index in [9.17, 15) is 13.2 Å². The molecule has 0 saturated carbocycles. The Balaban J connectivity index is 1.95. The predicted molar refractivity (Wildman–Crippen MR) is 71.8 cm³/mol. The number of aryl methyl sites for hydroxylation is 1. The van der Waals surface area contributed by atoms with Gasteiger partial charge in [-0.2, -0.15) is 13.2 Å². The number of halogens is 3. The van der Waals surface area contributed by atoms with E-state index in [2.05, 4.69) is 4.90 Å². The molecule has 0 amide bonds. The molecule has 0 radical (unpaired) electrons. The van der Waals surface area contributed by atoms with Crippen molar-refractivity contribution in [2.75, 3.05) is 31.2 Å². The van der Waals surface area contributed by atoms with Gasteiger partial charge in [-0.3, -0.25) is 0 Å². The van der Waals surface area contributed by atoms with Crippen LogP contribution in [0.15, 0.2) is 24.3 Å². The Kier molecular flexibility index (Phi) is 4.88. The van der Waals surface area contributed by atoms with E-state index in [0.29, 0.717) is 19.6 Å². The lowest BCUT2D eigenvalue weighted by Crippen LogP contribution is -2.37. The summed E-state index contributed by atoms with van der Waals surface area (Å²) in [7, 11) is 0. The first-order valence-electron chi connectivity index (χ1n) is 6.71. The highest BCUT2D eigenvalue weighted by molar-refractivity contribution is 5.49. The van der Waals surface area contributed by atoms with Gasteiger partial charge in [-0.1, -0.05) is 12.1 Å². The van der Waals surface area contributed by atoms with Crippen LogP contribution in [0.5, 0.6) is 0 Å². The standard InChI is InChI=1S/C14H19F3N2O/c15-14(16,17)13(18)5-4-11-2-1-3-12(10-11)19-6-8-20-9-7-19/h1-3,10,13H,4-9,18H2. The lowest BCUT2D eigenvalue weighted by molar-refractivity contribution is -0.148. The van der Waals surface area contributed by atoms with E-state index in [0.717, 1.165) is 24.3 Å². The molecular weight excluding hydrogens is 269 g/mol. The Labute approximate surface area is 116 Å². The molecule has 1 aliphatic rings. The maximum Gasteiger partial charge on any atom is 0.403 e. The van der Waals surface area contributed by atoms with Gasteiger partial charge >= 0.3 is 6.18 Å². The lowest BCUT2D eigenvalue weighted by atomic mass is 10.0. The first kappa shape index (κ1) is 15.1. The van der Waals surface area contributed by atoms with E-state index < -0.39 is 12.2 Å². The lowest BCUT2D eigenvalue weighted by Gasteiger charge is -2.29. The average molecular weight is 288 g/mol. The minimum Gasteiger partial charge on any atom is -0.378 e. The zero-order valence-corrected chi connectivity index (χ0v) is 11.2. The van der Waals surface area contributed by atoms with Gasteiger partial charge in [-0.25, -0.2) is 0 Å². The van der Waals surface area contributed by atoms with Crippen LogP contribution in [-0.2, 0) is 11.2 Å². The number of ether oxygens (including phenoxy) is 1. The van der Waals surface area contributed by atoms with Gasteiger partial charge in [0.05, 0.1) is 13.2 Å². The second kappa shape index (κ2) is 6.45. The van der Waals surface area contributed by atoms with Gasteiger partial charge in [-0.05, 0) is 30.5 Å². The monoisotopic (exact) mass is 288 g/mol. The number of rotatable bonds is 4. The minimum atomic E-state index is -4.32. The summed E-state index contributed by atoms with van der Waals surface area (Å²) in [5.41, 5.74) is 7.04. The van der Waals surface area contributed by atoms with Gasteiger partial charge in [0.15, 0.2) is 0 Å². The summed E-state index contributed by atoms with van der Waals surface area (Å²) in [5, 5.41) is 0. The topological polar surface area (TPSA) is 38.5 Å². The first-order valence-corrected chi connectivity index (χ1v) is 6.71. The van der Waals surface area contributed by atoms with Crippen LogP contribution in [0.1, 0.15) is 12.0 Å². The van der Waals surface area contributed by atoms with E-state index >= 15 is 0 Å². The van der Waals surface area contributed by atoms with Crippen molar-refractivity contribution in [3.05, 3.63) is 29.8 Å². The van der Waals surface area contributed by atoms with Crippen LogP contribution in [0, 0.1) is 0 Å². The normalized spacial score (nSPS) is 18.1. The number of nitrogens with two attached hydrogens (primary N) is 1. The molecule has 1 fully saturated rings. The van der Waals surface area contributed by atoms with Crippen molar-refractivity contribution in [2.24, 2.45) is 5.73 Å². The molecule has 2 rings (SSSR count). The van der Waals surface area contributed by atoms with Gasteiger partial charge in [0, 0.05) is 18.8 Å². The van der Waals surface area contributed by atoms with Gasteiger partial charge < -0.3 is 15.4 Å². The Morgan fingerprint density at radius 2 is 1.95 bits per heavy atom. The maximum absolute atomic E-state index is 12.4. The van der Waals surface area contributed by atoms with Crippen LogP contribution in [0.25, 0.3) is 0 Å². The van der Waals surface area contributed by atoms with Crippen molar-refractivity contribution >= 4 is 5.69 Å². The van der Waals surface area contributed by atoms with Gasteiger partial charge in [0.25, 0.3) is 0 Å². The Bertz CT molecular complexity index is 431. The van der Waals surface area contributed by atoms with E-state index in [1.54, 1.807) is 0 Å². The maximum atomic E-state index is 12.4. The summed E-state index contributed by atoms with van der Waals surface area (Å²) >= 11 is 0. The molecule has 2 N–H and O–H groups in total. The summed E-state index contributed by atoms with van der Waals surface area (Å²) in [4.78, 5) is 2.18. The molecule has 1 unspecified atom stereocenters. The fraction of sp³-hybridized carbons (Fsp3) is 0.571. The molecule has 20 heavy (non-hydrogen) atoms. The summed E-state index contributed by atoms with van der Waals surface area (Å²) in [5.74, 6) is 0. The van der Waals surface area contributed by atoms with Gasteiger partial charge in [0.1, 0.15) is 6.04 Å². The number of benzene rings is 1. The van der Waals surface area contributed by atoms with Crippen LogP contribution < -0.4 is 10.6 Å². The molecule has 1 heterocycles. The molecule has 1 aliphatic heterocycles. The SMILES string of the molecule is NC(CCc1cccc(N2CCOCC2)c1)C(F)(F)F. The third-order valence-electron chi connectivity index (χ3n) is 3.45. The largest absolute Gasteiger partial charge is 0.403 e. The number of anilines is 1. The molecule has 1 aromatic carbocycles. The van der Waals surface area contributed by atoms with Gasteiger partial charge in [-0.15, -0.1) is 0 Å².